The highest BCUT2D eigenvalue weighted by Crippen LogP contribution is 2.17. The van der Waals surface area contributed by atoms with E-state index in [2.05, 4.69) is 36.2 Å². The van der Waals surface area contributed by atoms with Gasteiger partial charge in [-0.2, -0.15) is 0 Å². The van der Waals surface area contributed by atoms with Gasteiger partial charge in [0.15, 0.2) is 6.61 Å². The Bertz CT molecular complexity index is 682. The van der Waals surface area contributed by atoms with Crippen molar-refractivity contribution in [2.24, 2.45) is 0 Å². The van der Waals surface area contributed by atoms with Crippen molar-refractivity contribution in [3.05, 3.63) is 59.7 Å². The van der Waals surface area contributed by atoms with Gasteiger partial charge in [-0.3, -0.25) is 9.69 Å². The van der Waals surface area contributed by atoms with Crippen molar-refractivity contribution < 1.29 is 14.3 Å². The standard InChI is InChI=1S/C21H28N2O3/c1-4-23(5-2)15-18-9-7-6-8-17(18)14-22-21(24)16-26-20-12-10-19(25-3)11-13-20/h6-13H,4-5,14-16H2,1-3H3,(H,22,24). The van der Waals surface area contributed by atoms with Crippen LogP contribution in [0.3, 0.4) is 0 Å². The van der Waals surface area contributed by atoms with Gasteiger partial charge in [-0.1, -0.05) is 38.1 Å². The number of methoxy groups -OCH3 is 1. The maximum Gasteiger partial charge on any atom is 0.258 e. The number of benzene rings is 2. The smallest absolute Gasteiger partial charge is 0.258 e. The van der Waals surface area contributed by atoms with Gasteiger partial charge < -0.3 is 14.8 Å². The third-order valence-electron chi connectivity index (χ3n) is 4.31. The fourth-order valence-corrected chi connectivity index (χ4v) is 2.64. The van der Waals surface area contributed by atoms with Gasteiger partial charge in [0.1, 0.15) is 11.5 Å². The predicted octanol–water partition coefficient (Wildman–Crippen LogP) is 3.23. The Labute approximate surface area is 155 Å². The van der Waals surface area contributed by atoms with Crippen molar-refractivity contribution in [2.75, 3.05) is 26.8 Å². The second-order valence-electron chi connectivity index (χ2n) is 5.97. The molecule has 0 aliphatic heterocycles. The number of rotatable bonds is 10. The van der Waals surface area contributed by atoms with E-state index in [1.165, 1.54) is 5.56 Å². The summed E-state index contributed by atoms with van der Waals surface area (Å²) in [5, 5.41) is 2.93. The normalized spacial score (nSPS) is 10.6. The number of ether oxygens (including phenoxy) is 2. The van der Waals surface area contributed by atoms with Gasteiger partial charge in [0.2, 0.25) is 0 Å². The molecular weight excluding hydrogens is 328 g/mol. The minimum absolute atomic E-state index is 0.00938. The number of hydrogen-bond acceptors (Lipinski definition) is 4. The van der Waals surface area contributed by atoms with Crippen LogP contribution >= 0.6 is 0 Å². The minimum atomic E-state index is -0.140. The van der Waals surface area contributed by atoms with Gasteiger partial charge in [-0.05, 0) is 48.5 Å². The van der Waals surface area contributed by atoms with Crippen molar-refractivity contribution in [3.8, 4) is 11.5 Å². The number of carbonyl (C=O) groups is 1. The largest absolute Gasteiger partial charge is 0.497 e. The maximum atomic E-state index is 12.1. The second-order valence-corrected chi connectivity index (χ2v) is 5.97. The molecule has 0 aliphatic rings. The fraction of sp³-hybridized carbons (Fsp3) is 0.381. The molecule has 0 aromatic heterocycles. The summed E-state index contributed by atoms with van der Waals surface area (Å²) in [6.07, 6.45) is 0. The van der Waals surface area contributed by atoms with Gasteiger partial charge in [0, 0.05) is 13.1 Å². The average molecular weight is 356 g/mol. The van der Waals surface area contributed by atoms with Crippen LogP contribution in [0.25, 0.3) is 0 Å². The van der Waals surface area contributed by atoms with Crippen molar-refractivity contribution in [2.45, 2.75) is 26.9 Å². The Hall–Kier alpha value is -2.53. The monoisotopic (exact) mass is 356 g/mol. The van der Waals surface area contributed by atoms with E-state index in [1.54, 1.807) is 31.4 Å². The summed E-state index contributed by atoms with van der Waals surface area (Å²) in [4.78, 5) is 14.4. The molecule has 5 heteroatoms. The second kappa shape index (κ2) is 10.5. The molecule has 0 radical (unpaired) electrons. The molecule has 0 spiro atoms. The molecule has 0 unspecified atom stereocenters. The molecule has 1 N–H and O–H groups in total. The zero-order chi connectivity index (χ0) is 18.8. The van der Waals surface area contributed by atoms with Crippen LogP contribution in [0.1, 0.15) is 25.0 Å². The number of amides is 1. The van der Waals surface area contributed by atoms with E-state index in [1.807, 2.05) is 12.1 Å². The van der Waals surface area contributed by atoms with Crippen LogP contribution in [0.4, 0.5) is 0 Å². The Balaban J connectivity index is 1.84. The van der Waals surface area contributed by atoms with Crippen LogP contribution in [0.15, 0.2) is 48.5 Å². The van der Waals surface area contributed by atoms with Crippen LogP contribution < -0.4 is 14.8 Å². The number of nitrogens with one attached hydrogen (secondary N) is 1. The van der Waals surface area contributed by atoms with Crippen LogP contribution in [-0.4, -0.2) is 37.6 Å². The van der Waals surface area contributed by atoms with E-state index in [4.69, 9.17) is 9.47 Å². The fourth-order valence-electron chi connectivity index (χ4n) is 2.64. The molecule has 2 aromatic rings. The molecule has 0 fully saturated rings. The molecule has 5 nitrogen and oxygen atoms in total. The molecule has 26 heavy (non-hydrogen) atoms. The maximum absolute atomic E-state index is 12.1. The van der Waals surface area contributed by atoms with Gasteiger partial charge in [0.05, 0.1) is 7.11 Å². The van der Waals surface area contributed by atoms with E-state index in [-0.39, 0.29) is 12.5 Å². The van der Waals surface area contributed by atoms with Crippen molar-refractivity contribution >= 4 is 5.91 Å². The molecule has 0 saturated heterocycles. The molecule has 2 aromatic carbocycles. The van der Waals surface area contributed by atoms with Crippen molar-refractivity contribution in [3.63, 3.8) is 0 Å². The molecule has 0 aliphatic carbocycles. The Morgan fingerprint density at radius 1 is 0.962 bits per heavy atom. The molecule has 0 heterocycles. The van der Waals surface area contributed by atoms with Gasteiger partial charge in [-0.25, -0.2) is 0 Å². The number of carbonyl (C=O) groups excluding carboxylic acids is 1. The topological polar surface area (TPSA) is 50.8 Å². The van der Waals surface area contributed by atoms with Crippen LogP contribution in [-0.2, 0) is 17.9 Å². The Morgan fingerprint density at radius 3 is 2.19 bits per heavy atom. The third kappa shape index (κ3) is 6.08. The summed E-state index contributed by atoms with van der Waals surface area (Å²) < 4.78 is 10.6. The molecular formula is C21H28N2O3. The van der Waals surface area contributed by atoms with E-state index in [0.717, 1.165) is 30.9 Å². The molecule has 0 saturated carbocycles. The summed E-state index contributed by atoms with van der Waals surface area (Å²) in [7, 11) is 1.61. The zero-order valence-electron chi connectivity index (χ0n) is 15.8. The van der Waals surface area contributed by atoms with Crippen LogP contribution in [0, 0.1) is 0 Å². The molecule has 0 atom stereocenters. The lowest BCUT2D eigenvalue weighted by atomic mass is 10.1. The van der Waals surface area contributed by atoms with Crippen molar-refractivity contribution in [1.29, 1.82) is 0 Å². The first-order valence-electron chi connectivity index (χ1n) is 8.99. The zero-order valence-corrected chi connectivity index (χ0v) is 15.8. The Kier molecular flexibility index (Phi) is 7.96. The first-order chi connectivity index (χ1) is 12.7. The lowest BCUT2D eigenvalue weighted by Gasteiger charge is -2.20. The van der Waals surface area contributed by atoms with Gasteiger partial charge >= 0.3 is 0 Å². The minimum Gasteiger partial charge on any atom is -0.497 e. The lowest BCUT2D eigenvalue weighted by molar-refractivity contribution is -0.123. The lowest BCUT2D eigenvalue weighted by Crippen LogP contribution is -2.29. The number of nitrogens with zero attached hydrogens (tertiary/aromatic N) is 1. The predicted molar refractivity (Wildman–Crippen MR) is 103 cm³/mol. The van der Waals surface area contributed by atoms with E-state index in [0.29, 0.717) is 12.3 Å². The SMILES string of the molecule is CCN(CC)Cc1ccccc1CNC(=O)COc1ccc(OC)cc1. The first kappa shape index (κ1) is 19.8. The highest BCUT2D eigenvalue weighted by Gasteiger charge is 2.08. The molecule has 1 amide bonds. The summed E-state index contributed by atoms with van der Waals surface area (Å²) in [6.45, 7) is 7.71. The highest BCUT2D eigenvalue weighted by atomic mass is 16.5. The molecule has 0 bridgehead atoms. The number of hydrogen-bond donors (Lipinski definition) is 1. The average Bonchev–Trinajstić information content (AvgIpc) is 2.70. The van der Waals surface area contributed by atoms with Gasteiger partial charge in [0.25, 0.3) is 5.91 Å². The molecule has 2 rings (SSSR count). The van der Waals surface area contributed by atoms with Crippen molar-refractivity contribution in [1.82, 2.24) is 10.2 Å². The summed E-state index contributed by atoms with van der Waals surface area (Å²) in [5.41, 5.74) is 2.38. The molecule has 140 valence electrons. The van der Waals surface area contributed by atoms with Crippen LogP contribution in [0.5, 0.6) is 11.5 Å². The van der Waals surface area contributed by atoms with E-state index < -0.39 is 0 Å². The van der Waals surface area contributed by atoms with Crippen LogP contribution in [0.2, 0.25) is 0 Å². The third-order valence-corrected chi connectivity index (χ3v) is 4.31. The summed E-state index contributed by atoms with van der Waals surface area (Å²) in [6, 6.07) is 15.4. The van der Waals surface area contributed by atoms with E-state index in [9.17, 15) is 4.79 Å². The van der Waals surface area contributed by atoms with Gasteiger partial charge in [-0.15, -0.1) is 0 Å². The summed E-state index contributed by atoms with van der Waals surface area (Å²) >= 11 is 0. The quantitative estimate of drug-likeness (QED) is 0.710. The first-order valence-corrected chi connectivity index (χ1v) is 8.99. The van der Waals surface area contributed by atoms with E-state index >= 15 is 0 Å². The highest BCUT2D eigenvalue weighted by molar-refractivity contribution is 5.77. The summed E-state index contributed by atoms with van der Waals surface area (Å²) in [5.74, 6) is 1.26. The Morgan fingerprint density at radius 2 is 1.58 bits per heavy atom.